The van der Waals surface area contributed by atoms with Crippen molar-refractivity contribution in [2.24, 2.45) is 5.73 Å². The number of nitrogens with zero attached hydrogens (tertiary/aromatic N) is 1. The standard InChI is InChI=1S/C20H16BrFN2O5/c1-29-19(28)20(9-16(23)25)14-5-3-2-4-13(14)17(26)24(18(20)27)10-11-6-7-12(21)8-15(11)22/h2-8H,9-10H2,1H3,(H2,23,25). The lowest BCUT2D eigenvalue weighted by Crippen LogP contribution is -2.59. The molecule has 0 radical (unpaired) electrons. The second-order valence-electron chi connectivity index (χ2n) is 6.52. The summed E-state index contributed by atoms with van der Waals surface area (Å²) in [5.74, 6) is -4.30. The van der Waals surface area contributed by atoms with Gasteiger partial charge in [0.25, 0.3) is 11.8 Å². The minimum absolute atomic E-state index is 0.0354. The topological polar surface area (TPSA) is 107 Å². The Morgan fingerprint density at radius 2 is 1.90 bits per heavy atom. The molecular weight excluding hydrogens is 447 g/mol. The van der Waals surface area contributed by atoms with Gasteiger partial charge in [0.2, 0.25) is 5.91 Å². The van der Waals surface area contributed by atoms with Crippen LogP contribution in [0.4, 0.5) is 4.39 Å². The zero-order valence-electron chi connectivity index (χ0n) is 15.3. The molecule has 1 aliphatic heterocycles. The second kappa shape index (κ2) is 7.75. The van der Waals surface area contributed by atoms with Crippen LogP contribution in [0.15, 0.2) is 46.9 Å². The molecule has 0 saturated heterocycles. The summed E-state index contributed by atoms with van der Waals surface area (Å²) in [5.41, 5.74) is 3.33. The van der Waals surface area contributed by atoms with Crippen LogP contribution in [0.2, 0.25) is 0 Å². The first-order valence-electron chi connectivity index (χ1n) is 8.48. The number of primary amides is 1. The maximum absolute atomic E-state index is 14.3. The number of benzene rings is 2. The zero-order valence-corrected chi connectivity index (χ0v) is 16.9. The fourth-order valence-corrected chi connectivity index (χ4v) is 3.80. The number of hydrogen-bond donors (Lipinski definition) is 1. The van der Waals surface area contributed by atoms with Gasteiger partial charge in [-0.15, -0.1) is 0 Å². The molecule has 0 saturated carbocycles. The van der Waals surface area contributed by atoms with Crippen LogP contribution in [0.3, 0.4) is 0 Å². The van der Waals surface area contributed by atoms with Crippen LogP contribution >= 0.6 is 15.9 Å². The number of amides is 3. The van der Waals surface area contributed by atoms with Gasteiger partial charge in [0.15, 0.2) is 5.41 Å². The number of esters is 1. The van der Waals surface area contributed by atoms with E-state index in [0.717, 1.165) is 12.0 Å². The van der Waals surface area contributed by atoms with E-state index >= 15 is 0 Å². The van der Waals surface area contributed by atoms with Crippen LogP contribution in [-0.2, 0) is 31.1 Å². The summed E-state index contributed by atoms with van der Waals surface area (Å²) >= 11 is 3.14. The van der Waals surface area contributed by atoms with Crippen molar-refractivity contribution >= 4 is 39.6 Å². The number of nitrogens with two attached hydrogens (primary N) is 1. The number of imide groups is 1. The van der Waals surface area contributed by atoms with Gasteiger partial charge in [0.1, 0.15) is 5.82 Å². The lowest BCUT2D eigenvalue weighted by atomic mass is 9.71. The molecule has 0 aliphatic carbocycles. The van der Waals surface area contributed by atoms with Crippen molar-refractivity contribution in [2.75, 3.05) is 7.11 Å². The molecule has 0 spiro atoms. The Morgan fingerprint density at radius 3 is 2.52 bits per heavy atom. The van der Waals surface area contributed by atoms with Crippen molar-refractivity contribution in [3.8, 4) is 0 Å². The predicted molar refractivity (Wildman–Crippen MR) is 103 cm³/mol. The van der Waals surface area contributed by atoms with Gasteiger partial charge in [-0.2, -0.15) is 0 Å². The van der Waals surface area contributed by atoms with Crippen molar-refractivity contribution in [1.82, 2.24) is 4.90 Å². The smallest absolute Gasteiger partial charge is 0.326 e. The Kier molecular flexibility index (Phi) is 5.52. The number of methoxy groups -OCH3 is 1. The number of carbonyl (C=O) groups is 4. The summed E-state index contributed by atoms with van der Waals surface area (Å²) < 4.78 is 19.6. The Morgan fingerprint density at radius 1 is 1.21 bits per heavy atom. The Labute approximate surface area is 173 Å². The predicted octanol–water partition coefficient (Wildman–Crippen LogP) is 2.06. The minimum atomic E-state index is -2.13. The van der Waals surface area contributed by atoms with E-state index in [0.29, 0.717) is 4.47 Å². The highest BCUT2D eigenvalue weighted by atomic mass is 79.9. The summed E-state index contributed by atoms with van der Waals surface area (Å²) in [6.07, 6.45) is -0.692. The van der Waals surface area contributed by atoms with Crippen LogP contribution in [0, 0.1) is 5.82 Å². The highest BCUT2D eigenvalue weighted by Crippen LogP contribution is 2.39. The van der Waals surface area contributed by atoms with Crippen LogP contribution in [0.25, 0.3) is 0 Å². The number of halogens is 2. The van der Waals surface area contributed by atoms with Gasteiger partial charge in [0, 0.05) is 15.6 Å². The van der Waals surface area contributed by atoms with Gasteiger partial charge in [0.05, 0.1) is 20.1 Å². The van der Waals surface area contributed by atoms with Gasteiger partial charge < -0.3 is 10.5 Å². The lowest BCUT2D eigenvalue weighted by molar-refractivity contribution is -0.158. The van der Waals surface area contributed by atoms with Crippen molar-refractivity contribution in [2.45, 2.75) is 18.4 Å². The maximum Gasteiger partial charge on any atom is 0.326 e. The molecule has 1 unspecified atom stereocenters. The van der Waals surface area contributed by atoms with Gasteiger partial charge in [-0.3, -0.25) is 24.1 Å². The van der Waals surface area contributed by atoms with E-state index in [-0.39, 0.29) is 16.7 Å². The van der Waals surface area contributed by atoms with E-state index in [2.05, 4.69) is 15.9 Å². The molecule has 0 bridgehead atoms. The fourth-order valence-electron chi connectivity index (χ4n) is 3.46. The molecule has 0 aromatic heterocycles. The van der Waals surface area contributed by atoms with Gasteiger partial charge in [-0.1, -0.05) is 40.2 Å². The molecule has 1 heterocycles. The SMILES string of the molecule is COC(=O)C1(CC(N)=O)C(=O)N(Cc2ccc(Br)cc2F)C(=O)c2ccccc21. The largest absolute Gasteiger partial charge is 0.468 e. The number of carbonyl (C=O) groups excluding carboxylic acids is 4. The van der Waals surface area contributed by atoms with E-state index in [1.165, 1.54) is 30.3 Å². The number of rotatable bonds is 5. The maximum atomic E-state index is 14.3. The average Bonchev–Trinajstić information content (AvgIpc) is 2.69. The first-order valence-corrected chi connectivity index (χ1v) is 9.28. The summed E-state index contributed by atoms with van der Waals surface area (Å²) in [6, 6.07) is 10.1. The van der Waals surface area contributed by atoms with Gasteiger partial charge in [-0.05, 0) is 23.8 Å². The molecule has 1 aliphatic rings. The van der Waals surface area contributed by atoms with Crippen LogP contribution in [0.5, 0.6) is 0 Å². The molecule has 3 amide bonds. The summed E-state index contributed by atoms with van der Waals surface area (Å²) in [4.78, 5) is 51.7. The molecule has 2 aromatic carbocycles. The normalized spacial score (nSPS) is 18.4. The molecule has 29 heavy (non-hydrogen) atoms. The van der Waals surface area contributed by atoms with Crippen LogP contribution in [0.1, 0.15) is 27.9 Å². The van der Waals surface area contributed by atoms with E-state index < -0.39 is 47.9 Å². The highest BCUT2D eigenvalue weighted by Gasteiger charge is 2.57. The first-order chi connectivity index (χ1) is 13.7. The van der Waals surface area contributed by atoms with Crippen molar-refractivity contribution in [3.05, 3.63) is 69.4 Å². The monoisotopic (exact) mass is 462 g/mol. The number of hydrogen-bond acceptors (Lipinski definition) is 5. The van der Waals surface area contributed by atoms with Crippen LogP contribution < -0.4 is 5.73 Å². The molecule has 2 aromatic rings. The van der Waals surface area contributed by atoms with Gasteiger partial charge in [-0.25, -0.2) is 4.39 Å². The van der Waals surface area contributed by atoms with Gasteiger partial charge >= 0.3 is 5.97 Å². The quantitative estimate of drug-likeness (QED) is 0.415. The molecular formula is C20H16BrFN2O5. The zero-order chi connectivity index (χ0) is 21.3. The van der Waals surface area contributed by atoms with E-state index in [9.17, 15) is 23.6 Å². The van der Waals surface area contributed by atoms with Crippen molar-refractivity contribution < 1.29 is 28.3 Å². The highest BCUT2D eigenvalue weighted by molar-refractivity contribution is 9.10. The Bertz CT molecular complexity index is 1040. The molecule has 2 N–H and O–H groups in total. The Balaban J connectivity index is 2.20. The first kappa shape index (κ1) is 20.7. The fraction of sp³-hybridized carbons (Fsp3) is 0.200. The lowest BCUT2D eigenvalue weighted by Gasteiger charge is -2.39. The summed E-state index contributed by atoms with van der Waals surface area (Å²) in [5, 5.41) is 0. The average molecular weight is 463 g/mol. The third-order valence-electron chi connectivity index (χ3n) is 4.79. The molecule has 0 fully saturated rings. The van der Waals surface area contributed by atoms with Crippen molar-refractivity contribution in [1.29, 1.82) is 0 Å². The molecule has 150 valence electrons. The van der Waals surface area contributed by atoms with E-state index in [1.807, 2.05) is 0 Å². The number of ether oxygens (including phenoxy) is 1. The Hall–Kier alpha value is -3.07. The summed E-state index contributed by atoms with van der Waals surface area (Å²) in [6.45, 7) is -0.428. The summed E-state index contributed by atoms with van der Waals surface area (Å²) in [7, 11) is 1.07. The van der Waals surface area contributed by atoms with Crippen molar-refractivity contribution in [3.63, 3.8) is 0 Å². The minimum Gasteiger partial charge on any atom is -0.468 e. The van der Waals surface area contributed by atoms with Crippen LogP contribution in [-0.4, -0.2) is 35.7 Å². The molecule has 9 heteroatoms. The molecule has 7 nitrogen and oxygen atoms in total. The second-order valence-corrected chi connectivity index (χ2v) is 7.43. The van der Waals surface area contributed by atoms with E-state index in [1.54, 1.807) is 12.1 Å². The van der Waals surface area contributed by atoms with E-state index in [4.69, 9.17) is 10.5 Å². The third kappa shape index (κ3) is 3.42. The number of fused-ring (bicyclic) bond motifs is 1. The molecule has 1 atom stereocenters. The molecule has 3 rings (SSSR count). The third-order valence-corrected chi connectivity index (χ3v) is 5.28.